The van der Waals surface area contributed by atoms with Gasteiger partial charge >= 0.3 is 5.97 Å². The number of amides is 1. The summed E-state index contributed by atoms with van der Waals surface area (Å²) in [6.45, 7) is 6.89. The van der Waals surface area contributed by atoms with Crippen LogP contribution in [-0.2, 0) is 21.6 Å². The summed E-state index contributed by atoms with van der Waals surface area (Å²) < 4.78 is 27.0. The van der Waals surface area contributed by atoms with Crippen LogP contribution in [0, 0.1) is 5.82 Å². The maximum absolute atomic E-state index is 15.1. The molecule has 4 rings (SSSR count). The average Bonchev–Trinajstić information content (AvgIpc) is 3.27. The molecule has 0 atom stereocenters. The minimum Gasteiger partial charge on any atom is -0.461 e. The number of fused-ring (bicyclic) bond motifs is 1. The van der Waals surface area contributed by atoms with Crippen molar-refractivity contribution in [2.75, 3.05) is 0 Å². The molecule has 0 aliphatic carbocycles. The number of primary amides is 1. The standard InChI is InChI=1S/C26H24FN3O5/c1-14(31)34-13-18-17(21-8-9-22(35-21)24(28)32)6-5-7-20(18)30-25(33)23-15(12-29-30)10-16(11-19(23)27)26(2,3)4/h5-12H,13H2,1-4H3,(H2,28,32). The van der Waals surface area contributed by atoms with E-state index in [1.807, 2.05) is 20.8 Å². The van der Waals surface area contributed by atoms with E-state index in [-0.39, 0.29) is 34.6 Å². The van der Waals surface area contributed by atoms with Gasteiger partial charge in [0.05, 0.1) is 17.3 Å². The van der Waals surface area contributed by atoms with Gasteiger partial charge in [0.25, 0.3) is 11.5 Å². The lowest BCUT2D eigenvalue weighted by atomic mass is 9.86. The highest BCUT2D eigenvalue weighted by Crippen LogP contribution is 2.31. The number of halogens is 1. The van der Waals surface area contributed by atoms with Crippen molar-refractivity contribution in [3.63, 3.8) is 0 Å². The minimum absolute atomic E-state index is 0.0541. The number of furan rings is 1. The van der Waals surface area contributed by atoms with Gasteiger partial charge in [-0.05, 0) is 41.3 Å². The number of carbonyl (C=O) groups excluding carboxylic acids is 2. The molecule has 2 N–H and O–H groups in total. The van der Waals surface area contributed by atoms with Gasteiger partial charge in [-0.3, -0.25) is 14.4 Å². The summed E-state index contributed by atoms with van der Waals surface area (Å²) in [5.74, 6) is -1.71. The molecule has 0 spiro atoms. The zero-order valence-corrected chi connectivity index (χ0v) is 19.7. The van der Waals surface area contributed by atoms with Crippen molar-refractivity contribution in [1.82, 2.24) is 9.78 Å². The number of nitrogens with two attached hydrogens (primary N) is 1. The third kappa shape index (κ3) is 4.57. The summed E-state index contributed by atoms with van der Waals surface area (Å²) >= 11 is 0. The molecule has 4 aromatic rings. The highest BCUT2D eigenvalue weighted by Gasteiger charge is 2.22. The second kappa shape index (κ2) is 8.83. The lowest BCUT2D eigenvalue weighted by Gasteiger charge is -2.20. The van der Waals surface area contributed by atoms with Gasteiger partial charge in [-0.2, -0.15) is 9.78 Å². The Morgan fingerprint density at radius 2 is 1.91 bits per heavy atom. The summed E-state index contributed by atoms with van der Waals surface area (Å²) in [7, 11) is 0. The van der Waals surface area contributed by atoms with E-state index in [2.05, 4.69) is 5.10 Å². The van der Waals surface area contributed by atoms with Gasteiger partial charge in [0, 0.05) is 23.4 Å². The Labute approximate surface area is 200 Å². The van der Waals surface area contributed by atoms with Gasteiger partial charge in [-0.15, -0.1) is 0 Å². The van der Waals surface area contributed by atoms with E-state index in [1.54, 1.807) is 30.3 Å². The normalized spacial score (nSPS) is 11.6. The minimum atomic E-state index is -0.744. The van der Waals surface area contributed by atoms with Crippen LogP contribution in [0.1, 0.15) is 49.4 Å². The first-order valence-corrected chi connectivity index (χ1v) is 10.8. The first kappa shape index (κ1) is 23.9. The summed E-state index contributed by atoms with van der Waals surface area (Å²) in [5, 5.41) is 4.56. The molecule has 2 aromatic heterocycles. The van der Waals surface area contributed by atoms with Gasteiger partial charge in [0.1, 0.15) is 18.2 Å². The van der Waals surface area contributed by atoms with E-state index >= 15 is 4.39 Å². The van der Waals surface area contributed by atoms with Crippen molar-refractivity contribution in [3.05, 3.63) is 81.7 Å². The number of ether oxygens (including phenoxy) is 1. The number of carbonyl (C=O) groups is 2. The maximum atomic E-state index is 15.1. The van der Waals surface area contributed by atoms with Gasteiger partial charge in [0.15, 0.2) is 5.76 Å². The molecule has 0 radical (unpaired) electrons. The van der Waals surface area contributed by atoms with Gasteiger partial charge in [0.2, 0.25) is 0 Å². The van der Waals surface area contributed by atoms with E-state index in [0.29, 0.717) is 16.5 Å². The Morgan fingerprint density at radius 3 is 2.54 bits per heavy atom. The van der Waals surface area contributed by atoms with Crippen LogP contribution in [0.4, 0.5) is 4.39 Å². The fourth-order valence-electron chi connectivity index (χ4n) is 3.78. The lowest BCUT2D eigenvalue weighted by Crippen LogP contribution is -2.24. The van der Waals surface area contributed by atoms with Crippen molar-refractivity contribution in [1.29, 1.82) is 0 Å². The zero-order valence-electron chi connectivity index (χ0n) is 19.7. The van der Waals surface area contributed by atoms with Crippen LogP contribution in [0.2, 0.25) is 0 Å². The lowest BCUT2D eigenvalue weighted by molar-refractivity contribution is -0.142. The number of hydrogen-bond acceptors (Lipinski definition) is 6. The predicted molar refractivity (Wildman–Crippen MR) is 128 cm³/mol. The molecule has 0 aliphatic heterocycles. The summed E-state index contributed by atoms with van der Waals surface area (Å²) in [6, 6.07) is 11.0. The predicted octanol–water partition coefficient (Wildman–Crippen LogP) is 4.24. The molecule has 0 saturated carbocycles. The number of benzene rings is 2. The van der Waals surface area contributed by atoms with Crippen molar-refractivity contribution in [3.8, 4) is 17.0 Å². The largest absolute Gasteiger partial charge is 0.461 e. The third-order valence-corrected chi connectivity index (χ3v) is 5.62. The SMILES string of the molecule is CC(=O)OCc1c(-c2ccc(C(N)=O)o2)cccc1-n1ncc2cc(C(C)(C)C)cc(F)c2c1=O. The average molecular weight is 477 g/mol. The Kier molecular flexibility index (Phi) is 6.02. The topological polar surface area (TPSA) is 117 Å². The first-order valence-electron chi connectivity index (χ1n) is 10.8. The van der Waals surface area contributed by atoms with Crippen LogP contribution >= 0.6 is 0 Å². The summed E-state index contributed by atoms with van der Waals surface area (Å²) in [5.41, 5.74) is 6.15. The van der Waals surface area contributed by atoms with Gasteiger partial charge in [-0.1, -0.05) is 32.9 Å². The Hall–Kier alpha value is -4.27. The van der Waals surface area contributed by atoms with Crippen LogP contribution < -0.4 is 11.3 Å². The highest BCUT2D eigenvalue weighted by atomic mass is 19.1. The van der Waals surface area contributed by atoms with Crippen molar-refractivity contribution >= 4 is 22.6 Å². The Morgan fingerprint density at radius 1 is 1.17 bits per heavy atom. The monoisotopic (exact) mass is 477 g/mol. The summed E-state index contributed by atoms with van der Waals surface area (Å²) in [4.78, 5) is 36.5. The van der Waals surface area contributed by atoms with Gasteiger partial charge in [-0.25, -0.2) is 4.39 Å². The Balaban J connectivity index is 1.94. The van der Waals surface area contributed by atoms with E-state index in [9.17, 15) is 14.4 Å². The fourth-order valence-corrected chi connectivity index (χ4v) is 3.78. The maximum Gasteiger partial charge on any atom is 0.302 e. The molecule has 8 nitrogen and oxygen atoms in total. The number of rotatable bonds is 5. The van der Waals surface area contributed by atoms with Gasteiger partial charge < -0.3 is 14.9 Å². The number of hydrogen-bond donors (Lipinski definition) is 1. The molecule has 180 valence electrons. The van der Waals surface area contributed by atoms with Crippen LogP contribution in [-0.4, -0.2) is 21.7 Å². The molecular weight excluding hydrogens is 453 g/mol. The van der Waals surface area contributed by atoms with E-state index in [0.717, 1.165) is 10.2 Å². The Bertz CT molecular complexity index is 1530. The molecule has 9 heteroatoms. The molecule has 2 heterocycles. The van der Waals surface area contributed by atoms with Crippen LogP contribution in [0.5, 0.6) is 0 Å². The van der Waals surface area contributed by atoms with E-state index in [4.69, 9.17) is 14.9 Å². The second-order valence-corrected chi connectivity index (χ2v) is 9.15. The summed E-state index contributed by atoms with van der Waals surface area (Å²) in [6.07, 6.45) is 1.43. The molecular formula is C26H24FN3O5. The molecule has 0 aliphatic rings. The first-order chi connectivity index (χ1) is 16.5. The number of esters is 1. The zero-order chi connectivity index (χ0) is 25.5. The fraction of sp³-hybridized carbons (Fsp3) is 0.231. The number of nitrogens with zero attached hydrogens (tertiary/aromatic N) is 2. The molecule has 0 fully saturated rings. The van der Waals surface area contributed by atoms with Crippen LogP contribution in [0.25, 0.3) is 27.8 Å². The number of aromatic nitrogens is 2. The smallest absolute Gasteiger partial charge is 0.302 e. The van der Waals surface area contributed by atoms with E-state index in [1.165, 1.54) is 25.3 Å². The van der Waals surface area contributed by atoms with E-state index < -0.39 is 23.3 Å². The molecule has 35 heavy (non-hydrogen) atoms. The quantitative estimate of drug-likeness (QED) is 0.430. The van der Waals surface area contributed by atoms with Crippen molar-refractivity contribution in [2.45, 2.75) is 39.7 Å². The van der Waals surface area contributed by atoms with Crippen molar-refractivity contribution < 1.29 is 23.1 Å². The molecule has 1 amide bonds. The van der Waals surface area contributed by atoms with Crippen LogP contribution in [0.3, 0.4) is 0 Å². The van der Waals surface area contributed by atoms with Crippen molar-refractivity contribution in [2.24, 2.45) is 5.73 Å². The molecule has 0 unspecified atom stereocenters. The second-order valence-electron chi connectivity index (χ2n) is 9.15. The molecule has 2 aromatic carbocycles. The molecule has 0 saturated heterocycles. The highest BCUT2D eigenvalue weighted by molar-refractivity contribution is 5.90. The third-order valence-electron chi connectivity index (χ3n) is 5.62. The molecule has 0 bridgehead atoms. The van der Waals surface area contributed by atoms with Crippen LogP contribution in [0.15, 0.2) is 57.9 Å².